The maximum absolute atomic E-state index is 9.04. The van der Waals surface area contributed by atoms with Gasteiger partial charge in [-0.2, -0.15) is 10.4 Å². The number of aliphatic hydroxyl groups excluding tert-OH is 1. The molecule has 0 unspecified atom stereocenters. The van der Waals surface area contributed by atoms with Crippen molar-refractivity contribution in [3.8, 4) is 6.07 Å². The summed E-state index contributed by atoms with van der Waals surface area (Å²) < 4.78 is 1.87. The molecule has 0 aliphatic carbocycles. The Labute approximate surface area is 114 Å². The lowest BCUT2D eigenvalue weighted by molar-refractivity contribution is 0.191. The summed E-state index contributed by atoms with van der Waals surface area (Å²) in [6.45, 7) is 7.51. The molecule has 1 N–H and O–H groups in total. The second-order valence-corrected chi connectivity index (χ2v) is 5.30. The van der Waals surface area contributed by atoms with Crippen molar-refractivity contribution in [1.29, 1.82) is 5.26 Å². The van der Waals surface area contributed by atoms with Crippen molar-refractivity contribution >= 4 is 0 Å². The van der Waals surface area contributed by atoms with Crippen LogP contribution < -0.4 is 0 Å². The molecule has 19 heavy (non-hydrogen) atoms. The third-order valence-electron chi connectivity index (χ3n) is 3.91. The molecule has 0 radical (unpaired) electrons. The summed E-state index contributed by atoms with van der Waals surface area (Å²) in [4.78, 5) is 2.34. The Hall–Kier alpha value is -1.38. The fourth-order valence-corrected chi connectivity index (χ4v) is 2.80. The lowest BCUT2D eigenvalue weighted by atomic mass is 9.99. The standard InChI is InChI=1S/C14H22N4O/c1-11-14(12(2)18(16-11)6-7-19)10-17-5-3-4-13(8-15)9-17/h13,19H,3-7,9-10H2,1-2H3/t13-/m1/s1. The van der Waals surface area contributed by atoms with E-state index in [1.807, 2.05) is 11.6 Å². The first-order chi connectivity index (χ1) is 9.15. The molecule has 1 aromatic rings. The van der Waals surface area contributed by atoms with Crippen molar-refractivity contribution in [1.82, 2.24) is 14.7 Å². The van der Waals surface area contributed by atoms with Gasteiger partial charge in [0.2, 0.25) is 0 Å². The zero-order valence-corrected chi connectivity index (χ0v) is 11.8. The van der Waals surface area contributed by atoms with Crippen LogP contribution in [0.15, 0.2) is 0 Å². The Bertz CT molecular complexity index is 475. The number of piperidine rings is 1. The van der Waals surface area contributed by atoms with Crippen molar-refractivity contribution in [2.45, 2.75) is 39.8 Å². The van der Waals surface area contributed by atoms with Gasteiger partial charge in [-0.1, -0.05) is 0 Å². The first-order valence-corrected chi connectivity index (χ1v) is 6.91. The first kappa shape index (κ1) is 14.0. The number of nitrogens with zero attached hydrogens (tertiary/aromatic N) is 4. The van der Waals surface area contributed by atoms with Gasteiger partial charge in [-0.05, 0) is 33.2 Å². The summed E-state index contributed by atoms with van der Waals surface area (Å²) in [6.07, 6.45) is 2.12. The third kappa shape index (κ3) is 3.14. The smallest absolute Gasteiger partial charge is 0.0669 e. The van der Waals surface area contributed by atoms with Gasteiger partial charge in [-0.15, -0.1) is 0 Å². The normalized spacial score (nSPS) is 20.4. The molecule has 0 spiro atoms. The largest absolute Gasteiger partial charge is 0.394 e. The molecule has 1 aliphatic rings. The van der Waals surface area contributed by atoms with E-state index >= 15 is 0 Å². The van der Waals surface area contributed by atoms with Crippen LogP contribution in [0.25, 0.3) is 0 Å². The van der Waals surface area contributed by atoms with Crippen LogP contribution in [-0.4, -0.2) is 39.5 Å². The van der Waals surface area contributed by atoms with Crippen molar-refractivity contribution in [2.24, 2.45) is 5.92 Å². The van der Waals surface area contributed by atoms with Gasteiger partial charge in [0.05, 0.1) is 30.8 Å². The van der Waals surface area contributed by atoms with Crippen molar-refractivity contribution in [2.75, 3.05) is 19.7 Å². The highest BCUT2D eigenvalue weighted by Crippen LogP contribution is 2.21. The molecule has 104 valence electrons. The molecule has 1 saturated heterocycles. The first-order valence-electron chi connectivity index (χ1n) is 6.91. The van der Waals surface area contributed by atoms with Gasteiger partial charge < -0.3 is 5.11 Å². The second kappa shape index (κ2) is 6.18. The molecule has 0 bridgehead atoms. The van der Waals surface area contributed by atoms with E-state index in [4.69, 9.17) is 10.4 Å². The number of aliphatic hydroxyl groups is 1. The SMILES string of the molecule is Cc1nn(CCO)c(C)c1CN1CCC[C@H](C#N)C1. The zero-order valence-electron chi connectivity index (χ0n) is 11.8. The number of aromatic nitrogens is 2. The summed E-state index contributed by atoms with van der Waals surface area (Å²) >= 11 is 0. The Morgan fingerprint density at radius 2 is 2.26 bits per heavy atom. The second-order valence-electron chi connectivity index (χ2n) is 5.30. The molecule has 2 rings (SSSR count). The van der Waals surface area contributed by atoms with Gasteiger partial charge in [0.15, 0.2) is 0 Å². The molecule has 0 aromatic carbocycles. The molecule has 1 aliphatic heterocycles. The Balaban J connectivity index is 2.08. The maximum Gasteiger partial charge on any atom is 0.0669 e. The minimum absolute atomic E-state index is 0.113. The maximum atomic E-state index is 9.04. The Kier molecular flexibility index (Phi) is 4.56. The van der Waals surface area contributed by atoms with E-state index in [1.54, 1.807) is 0 Å². The number of hydrogen-bond acceptors (Lipinski definition) is 4. The Morgan fingerprint density at radius 1 is 1.47 bits per heavy atom. The van der Waals surface area contributed by atoms with E-state index in [0.717, 1.165) is 43.9 Å². The van der Waals surface area contributed by atoms with Gasteiger partial charge in [-0.25, -0.2) is 0 Å². The van der Waals surface area contributed by atoms with E-state index in [1.165, 1.54) is 5.56 Å². The Morgan fingerprint density at radius 3 is 2.95 bits per heavy atom. The average molecular weight is 262 g/mol. The summed E-state index contributed by atoms with van der Waals surface area (Å²) in [6, 6.07) is 2.38. The zero-order chi connectivity index (χ0) is 13.8. The number of likely N-dealkylation sites (tertiary alicyclic amines) is 1. The van der Waals surface area contributed by atoms with E-state index in [2.05, 4.69) is 23.0 Å². The fourth-order valence-electron chi connectivity index (χ4n) is 2.80. The molecule has 1 atom stereocenters. The van der Waals surface area contributed by atoms with Crippen molar-refractivity contribution in [3.05, 3.63) is 17.0 Å². The van der Waals surface area contributed by atoms with Crippen LogP contribution in [-0.2, 0) is 13.1 Å². The van der Waals surface area contributed by atoms with E-state index < -0.39 is 0 Å². The topological polar surface area (TPSA) is 65.1 Å². The van der Waals surface area contributed by atoms with Gasteiger partial charge in [-0.3, -0.25) is 9.58 Å². The highest BCUT2D eigenvalue weighted by molar-refractivity contribution is 5.24. The highest BCUT2D eigenvalue weighted by Gasteiger charge is 2.21. The quantitative estimate of drug-likeness (QED) is 0.886. The lowest BCUT2D eigenvalue weighted by Crippen LogP contribution is -2.34. The molecule has 1 aromatic heterocycles. The fraction of sp³-hybridized carbons (Fsp3) is 0.714. The molecule has 1 fully saturated rings. The third-order valence-corrected chi connectivity index (χ3v) is 3.91. The molecule has 0 saturated carbocycles. The average Bonchev–Trinajstić information content (AvgIpc) is 2.67. The van der Waals surface area contributed by atoms with Crippen LogP contribution in [0, 0.1) is 31.1 Å². The van der Waals surface area contributed by atoms with E-state index in [0.29, 0.717) is 6.54 Å². The predicted octanol–water partition coefficient (Wildman–Crippen LogP) is 1.23. The van der Waals surface area contributed by atoms with Crippen LogP contribution in [0.4, 0.5) is 0 Å². The van der Waals surface area contributed by atoms with Crippen LogP contribution in [0.3, 0.4) is 0 Å². The number of nitriles is 1. The predicted molar refractivity (Wildman–Crippen MR) is 72.4 cm³/mol. The minimum atomic E-state index is 0.113. The van der Waals surface area contributed by atoms with Crippen LogP contribution in [0.5, 0.6) is 0 Å². The summed E-state index contributed by atoms with van der Waals surface area (Å²) in [5.74, 6) is 0.168. The molecule has 0 amide bonds. The number of aryl methyl sites for hydroxylation is 1. The van der Waals surface area contributed by atoms with E-state index in [-0.39, 0.29) is 12.5 Å². The van der Waals surface area contributed by atoms with Gasteiger partial charge in [0.1, 0.15) is 0 Å². The van der Waals surface area contributed by atoms with E-state index in [9.17, 15) is 0 Å². The molecule has 5 nitrogen and oxygen atoms in total. The summed E-state index contributed by atoms with van der Waals surface area (Å²) in [5, 5.41) is 22.5. The van der Waals surface area contributed by atoms with Crippen LogP contribution in [0.2, 0.25) is 0 Å². The molecule has 2 heterocycles. The summed E-state index contributed by atoms with van der Waals surface area (Å²) in [5.41, 5.74) is 3.41. The van der Waals surface area contributed by atoms with Crippen molar-refractivity contribution in [3.63, 3.8) is 0 Å². The monoisotopic (exact) mass is 262 g/mol. The molecular formula is C14H22N4O. The van der Waals surface area contributed by atoms with Crippen LogP contribution in [0.1, 0.15) is 29.8 Å². The number of rotatable bonds is 4. The highest BCUT2D eigenvalue weighted by atomic mass is 16.3. The lowest BCUT2D eigenvalue weighted by Gasteiger charge is -2.29. The van der Waals surface area contributed by atoms with Gasteiger partial charge in [0, 0.05) is 24.3 Å². The number of hydrogen-bond donors (Lipinski definition) is 1. The van der Waals surface area contributed by atoms with Gasteiger partial charge >= 0.3 is 0 Å². The summed E-state index contributed by atoms with van der Waals surface area (Å²) in [7, 11) is 0. The minimum Gasteiger partial charge on any atom is -0.394 e. The van der Waals surface area contributed by atoms with Gasteiger partial charge in [0.25, 0.3) is 0 Å². The van der Waals surface area contributed by atoms with Crippen molar-refractivity contribution < 1.29 is 5.11 Å². The van der Waals surface area contributed by atoms with Crippen LogP contribution >= 0.6 is 0 Å². The molecular weight excluding hydrogens is 240 g/mol. The molecule has 5 heteroatoms.